The van der Waals surface area contributed by atoms with Gasteiger partial charge in [0.1, 0.15) is 6.61 Å². The monoisotopic (exact) mass is 262 g/mol. The molecule has 98 valence electrons. The maximum absolute atomic E-state index is 11.5. The lowest BCUT2D eigenvalue weighted by Crippen LogP contribution is -2.41. The van der Waals surface area contributed by atoms with Crippen molar-refractivity contribution in [2.75, 3.05) is 37.8 Å². The van der Waals surface area contributed by atoms with Crippen molar-refractivity contribution in [1.82, 2.24) is 10.6 Å². The van der Waals surface area contributed by atoms with Gasteiger partial charge in [-0.1, -0.05) is 0 Å². The van der Waals surface area contributed by atoms with Crippen LogP contribution in [0.25, 0.3) is 0 Å². The fourth-order valence-electron chi connectivity index (χ4n) is 1.47. The summed E-state index contributed by atoms with van der Waals surface area (Å²) in [5, 5.41) is 14.3. The van der Waals surface area contributed by atoms with Gasteiger partial charge in [0, 0.05) is 37.1 Å². The van der Waals surface area contributed by atoms with Gasteiger partial charge in [0.2, 0.25) is 5.91 Å². The molecule has 17 heavy (non-hydrogen) atoms. The molecule has 1 saturated heterocycles. The third-order valence-electron chi connectivity index (χ3n) is 2.22. The van der Waals surface area contributed by atoms with Gasteiger partial charge in [0.05, 0.1) is 6.61 Å². The van der Waals surface area contributed by atoms with E-state index in [9.17, 15) is 9.59 Å². The summed E-state index contributed by atoms with van der Waals surface area (Å²) in [6.07, 6.45) is 0.464. The molecule has 0 radical (unpaired) electrons. The third kappa shape index (κ3) is 7.19. The van der Waals surface area contributed by atoms with E-state index in [4.69, 9.17) is 9.84 Å². The number of amides is 1. The molecule has 6 nitrogen and oxygen atoms in total. The maximum atomic E-state index is 11.5. The normalized spacial score (nSPS) is 19.9. The number of ether oxygens (including phenoxy) is 1. The van der Waals surface area contributed by atoms with Crippen LogP contribution in [0.15, 0.2) is 0 Å². The average molecular weight is 262 g/mol. The molecular weight excluding hydrogens is 244 g/mol. The van der Waals surface area contributed by atoms with Crippen molar-refractivity contribution in [1.29, 1.82) is 0 Å². The summed E-state index contributed by atoms with van der Waals surface area (Å²) in [7, 11) is 0. The van der Waals surface area contributed by atoms with Crippen LogP contribution in [0.4, 0.5) is 0 Å². The highest BCUT2D eigenvalue weighted by Gasteiger charge is 2.16. The second kappa shape index (κ2) is 8.32. The molecule has 0 saturated carbocycles. The molecule has 1 aliphatic heterocycles. The van der Waals surface area contributed by atoms with Gasteiger partial charge in [-0.15, -0.1) is 0 Å². The molecule has 0 aromatic heterocycles. The Morgan fingerprint density at radius 2 is 2.35 bits per heavy atom. The molecule has 0 bridgehead atoms. The quantitative estimate of drug-likeness (QED) is 0.526. The lowest BCUT2D eigenvalue weighted by molar-refractivity contribution is -0.142. The Hall–Kier alpha value is -0.790. The minimum atomic E-state index is -1.00. The highest BCUT2D eigenvalue weighted by atomic mass is 32.2. The molecule has 7 heteroatoms. The molecule has 0 spiro atoms. The molecule has 1 amide bonds. The first-order chi connectivity index (χ1) is 8.18. The van der Waals surface area contributed by atoms with Crippen molar-refractivity contribution in [3.8, 4) is 0 Å². The molecule has 0 aromatic carbocycles. The number of nitrogens with one attached hydrogen (secondary N) is 2. The fourth-order valence-corrected chi connectivity index (χ4v) is 2.42. The van der Waals surface area contributed by atoms with Crippen molar-refractivity contribution >= 4 is 23.6 Å². The SMILES string of the molecule is O=C(O)COCCNC(=O)CC1CSCCN1. The van der Waals surface area contributed by atoms with Gasteiger partial charge >= 0.3 is 5.97 Å². The van der Waals surface area contributed by atoms with Crippen molar-refractivity contribution in [2.24, 2.45) is 0 Å². The molecular formula is C10H18N2O4S. The van der Waals surface area contributed by atoms with Crippen LogP contribution in [-0.4, -0.2) is 60.8 Å². The summed E-state index contributed by atoms with van der Waals surface area (Å²) in [5.41, 5.74) is 0. The van der Waals surface area contributed by atoms with Crippen LogP contribution in [-0.2, 0) is 14.3 Å². The average Bonchev–Trinajstić information content (AvgIpc) is 2.29. The summed E-state index contributed by atoms with van der Waals surface area (Å²) in [6.45, 7) is 1.21. The molecule has 1 rings (SSSR count). The molecule has 1 atom stereocenters. The van der Waals surface area contributed by atoms with Crippen LogP contribution in [0.5, 0.6) is 0 Å². The second-order valence-electron chi connectivity index (χ2n) is 3.73. The standard InChI is InChI=1S/C10H18N2O4S/c13-9(5-8-7-17-4-2-11-8)12-1-3-16-6-10(14)15/h8,11H,1-7H2,(H,12,13)(H,14,15). The lowest BCUT2D eigenvalue weighted by Gasteiger charge is -2.22. The Kier molecular flexibility index (Phi) is 6.99. The minimum Gasteiger partial charge on any atom is -0.480 e. The van der Waals surface area contributed by atoms with E-state index in [1.807, 2.05) is 11.8 Å². The topological polar surface area (TPSA) is 87.7 Å². The molecule has 0 aromatic rings. The Labute approximate surface area is 104 Å². The van der Waals surface area contributed by atoms with Crippen molar-refractivity contribution in [3.05, 3.63) is 0 Å². The largest absolute Gasteiger partial charge is 0.480 e. The Morgan fingerprint density at radius 1 is 1.53 bits per heavy atom. The predicted molar refractivity (Wildman–Crippen MR) is 65.2 cm³/mol. The number of hydrogen-bond donors (Lipinski definition) is 3. The number of thioether (sulfide) groups is 1. The molecule has 0 aliphatic carbocycles. The summed E-state index contributed by atoms with van der Waals surface area (Å²) in [4.78, 5) is 21.6. The summed E-state index contributed by atoms with van der Waals surface area (Å²) >= 11 is 1.85. The summed E-state index contributed by atoms with van der Waals surface area (Å²) < 4.78 is 4.80. The highest BCUT2D eigenvalue weighted by molar-refractivity contribution is 7.99. The lowest BCUT2D eigenvalue weighted by atomic mass is 10.2. The highest BCUT2D eigenvalue weighted by Crippen LogP contribution is 2.09. The molecule has 1 aliphatic rings. The van der Waals surface area contributed by atoms with E-state index >= 15 is 0 Å². The number of hydrogen-bond acceptors (Lipinski definition) is 5. The molecule has 3 N–H and O–H groups in total. The molecule has 1 fully saturated rings. The van der Waals surface area contributed by atoms with Crippen LogP contribution < -0.4 is 10.6 Å². The summed E-state index contributed by atoms with van der Waals surface area (Å²) in [6, 6.07) is 0.244. The zero-order chi connectivity index (χ0) is 12.5. The third-order valence-corrected chi connectivity index (χ3v) is 3.36. The minimum absolute atomic E-state index is 0.0241. The Balaban J connectivity index is 1.98. The number of carbonyl (C=O) groups excluding carboxylic acids is 1. The van der Waals surface area contributed by atoms with Gasteiger partial charge in [-0.2, -0.15) is 11.8 Å². The van der Waals surface area contributed by atoms with Gasteiger partial charge < -0.3 is 20.5 Å². The van der Waals surface area contributed by atoms with Gasteiger partial charge in [-0.25, -0.2) is 4.79 Å². The number of aliphatic carboxylic acids is 1. The van der Waals surface area contributed by atoms with E-state index in [0.717, 1.165) is 18.1 Å². The second-order valence-corrected chi connectivity index (χ2v) is 4.88. The smallest absolute Gasteiger partial charge is 0.329 e. The van der Waals surface area contributed by atoms with Gasteiger partial charge in [-0.05, 0) is 0 Å². The predicted octanol–water partition coefficient (Wildman–Crippen LogP) is -0.701. The number of carboxylic acid groups (broad SMARTS) is 1. The van der Waals surface area contributed by atoms with Crippen LogP contribution in [0.1, 0.15) is 6.42 Å². The van der Waals surface area contributed by atoms with E-state index in [2.05, 4.69) is 10.6 Å². The summed E-state index contributed by atoms with van der Waals surface area (Å²) in [5.74, 6) is 1.04. The van der Waals surface area contributed by atoms with Crippen LogP contribution in [0.2, 0.25) is 0 Å². The van der Waals surface area contributed by atoms with E-state index in [1.54, 1.807) is 0 Å². The zero-order valence-electron chi connectivity index (χ0n) is 9.61. The Bertz CT molecular complexity index is 257. The van der Waals surface area contributed by atoms with Gasteiger partial charge in [-0.3, -0.25) is 4.79 Å². The zero-order valence-corrected chi connectivity index (χ0v) is 10.4. The Morgan fingerprint density at radius 3 is 3.00 bits per heavy atom. The van der Waals surface area contributed by atoms with Crippen molar-refractivity contribution in [3.63, 3.8) is 0 Å². The van der Waals surface area contributed by atoms with Gasteiger partial charge in [0.15, 0.2) is 0 Å². The van der Waals surface area contributed by atoms with Crippen LogP contribution >= 0.6 is 11.8 Å². The molecule has 1 unspecified atom stereocenters. The van der Waals surface area contributed by atoms with Crippen LogP contribution in [0.3, 0.4) is 0 Å². The number of carbonyl (C=O) groups is 2. The molecule has 1 heterocycles. The van der Waals surface area contributed by atoms with E-state index in [1.165, 1.54) is 0 Å². The first kappa shape index (κ1) is 14.3. The first-order valence-electron chi connectivity index (χ1n) is 5.56. The first-order valence-corrected chi connectivity index (χ1v) is 6.71. The number of carboxylic acids is 1. The van der Waals surface area contributed by atoms with Crippen LogP contribution in [0, 0.1) is 0 Å². The number of rotatable bonds is 7. The van der Waals surface area contributed by atoms with E-state index < -0.39 is 5.97 Å². The van der Waals surface area contributed by atoms with E-state index in [0.29, 0.717) is 13.0 Å². The fraction of sp³-hybridized carbons (Fsp3) is 0.800. The van der Waals surface area contributed by atoms with Gasteiger partial charge in [0.25, 0.3) is 0 Å². The van der Waals surface area contributed by atoms with E-state index in [-0.39, 0.29) is 25.2 Å². The van der Waals surface area contributed by atoms with Crippen molar-refractivity contribution < 1.29 is 19.4 Å². The maximum Gasteiger partial charge on any atom is 0.329 e. The van der Waals surface area contributed by atoms with Crippen molar-refractivity contribution in [2.45, 2.75) is 12.5 Å².